The summed E-state index contributed by atoms with van der Waals surface area (Å²) < 4.78 is 0. The molecule has 0 aliphatic carbocycles. The Labute approximate surface area is 91.8 Å². The molecule has 0 aliphatic heterocycles. The third-order valence-electron chi connectivity index (χ3n) is 1.08. The molecule has 0 aliphatic rings. The Hall–Kier alpha value is -1.36. The van der Waals surface area contributed by atoms with Gasteiger partial charge in [0.05, 0.1) is 11.9 Å². The van der Waals surface area contributed by atoms with Gasteiger partial charge in [0, 0.05) is 12.4 Å². The average Bonchev–Trinajstić information content (AvgIpc) is 2.04. The van der Waals surface area contributed by atoms with Crippen molar-refractivity contribution in [3.8, 4) is 0 Å². The molecule has 0 fully saturated rings. The fourth-order valence-corrected chi connectivity index (χ4v) is 0.637. The minimum atomic E-state index is -1.69. The summed E-state index contributed by atoms with van der Waals surface area (Å²) in [5.41, 5.74) is -1.45. The third kappa shape index (κ3) is 3.18. The quantitative estimate of drug-likeness (QED) is 0.515. The van der Waals surface area contributed by atoms with Crippen molar-refractivity contribution >= 4 is 11.9 Å². The predicted molar refractivity (Wildman–Crippen MR) is 34.3 cm³/mol. The zero-order chi connectivity index (χ0) is 9.14. The molecule has 0 spiro atoms. The summed E-state index contributed by atoms with van der Waals surface area (Å²) in [5, 5.41) is 20.4. The van der Waals surface area contributed by atoms with Crippen LogP contribution in [-0.4, -0.2) is 27.4 Å². The van der Waals surface area contributed by atoms with Gasteiger partial charge in [-0.05, 0) is 0 Å². The van der Waals surface area contributed by atoms with Gasteiger partial charge < -0.3 is 25.3 Å². The molecular formula is C6H4N2O5Pd. The number of rotatable bonds is 2. The van der Waals surface area contributed by atoms with E-state index in [1.165, 1.54) is 0 Å². The summed E-state index contributed by atoms with van der Waals surface area (Å²) >= 11 is 0. The van der Waals surface area contributed by atoms with Gasteiger partial charge in [-0.25, -0.2) is 0 Å². The Balaban J connectivity index is 0. The van der Waals surface area contributed by atoms with E-state index in [1.807, 2.05) is 0 Å². The van der Waals surface area contributed by atoms with Gasteiger partial charge in [0.1, 0.15) is 11.4 Å². The Kier molecular flexibility index (Phi) is 6.65. The van der Waals surface area contributed by atoms with Gasteiger partial charge in [0.15, 0.2) is 0 Å². The van der Waals surface area contributed by atoms with Gasteiger partial charge in [0.25, 0.3) is 0 Å². The molecule has 1 aromatic rings. The topological polar surface area (TPSA) is 138 Å². The van der Waals surface area contributed by atoms with E-state index >= 15 is 0 Å². The van der Waals surface area contributed by atoms with E-state index in [0.29, 0.717) is 0 Å². The maximum atomic E-state index is 10.2. The normalized spacial score (nSPS) is 8.00. The Morgan fingerprint density at radius 1 is 1.00 bits per heavy atom. The van der Waals surface area contributed by atoms with Crippen molar-refractivity contribution in [3.05, 3.63) is 23.8 Å². The predicted octanol–water partition coefficient (Wildman–Crippen LogP) is -3.62. The van der Waals surface area contributed by atoms with Gasteiger partial charge >= 0.3 is 20.4 Å². The number of nitrogens with zero attached hydrogens (tertiary/aromatic N) is 2. The van der Waals surface area contributed by atoms with E-state index in [9.17, 15) is 19.8 Å². The van der Waals surface area contributed by atoms with E-state index in [-0.39, 0.29) is 25.9 Å². The van der Waals surface area contributed by atoms with Crippen molar-refractivity contribution in [2.45, 2.75) is 0 Å². The molecule has 0 bridgehead atoms. The zero-order valence-corrected chi connectivity index (χ0v) is 8.05. The Morgan fingerprint density at radius 2 is 1.29 bits per heavy atom. The van der Waals surface area contributed by atoms with Crippen molar-refractivity contribution < 1.29 is 45.7 Å². The van der Waals surface area contributed by atoms with E-state index in [4.69, 9.17) is 0 Å². The Morgan fingerprint density at radius 3 is 1.50 bits per heavy atom. The number of carbonyl (C=O) groups excluding carboxylic acids is 2. The third-order valence-corrected chi connectivity index (χ3v) is 1.08. The van der Waals surface area contributed by atoms with E-state index in [0.717, 1.165) is 12.4 Å². The van der Waals surface area contributed by atoms with Crippen molar-refractivity contribution in [2.24, 2.45) is 0 Å². The van der Waals surface area contributed by atoms with Crippen LogP contribution in [0, 0.1) is 0 Å². The van der Waals surface area contributed by atoms with Crippen molar-refractivity contribution in [2.75, 3.05) is 0 Å². The fourth-order valence-electron chi connectivity index (χ4n) is 0.637. The van der Waals surface area contributed by atoms with Gasteiger partial charge in [-0.2, -0.15) is 0 Å². The second-order valence-electron chi connectivity index (χ2n) is 1.83. The van der Waals surface area contributed by atoms with Crippen LogP contribution in [0.2, 0.25) is 0 Å². The molecule has 1 heterocycles. The van der Waals surface area contributed by atoms with Gasteiger partial charge in [0.2, 0.25) is 0 Å². The van der Waals surface area contributed by atoms with Crippen molar-refractivity contribution in [1.82, 2.24) is 9.97 Å². The second kappa shape index (κ2) is 6.15. The molecule has 78 valence electrons. The van der Waals surface area contributed by atoms with Crippen LogP contribution >= 0.6 is 0 Å². The van der Waals surface area contributed by atoms with Crippen LogP contribution in [0.3, 0.4) is 0 Å². The summed E-state index contributed by atoms with van der Waals surface area (Å²) in [6, 6.07) is 0. The molecule has 1 aromatic heterocycles. The molecular weight excluding hydrogens is 286 g/mol. The molecule has 0 unspecified atom stereocenters. The first-order valence-corrected chi connectivity index (χ1v) is 2.86. The number of carboxylic acids is 2. The fraction of sp³-hybridized carbons (Fsp3) is 0. The number of hydrogen-bond donors (Lipinski definition) is 0. The zero-order valence-electron chi connectivity index (χ0n) is 6.50. The molecule has 8 heteroatoms. The van der Waals surface area contributed by atoms with E-state index in [2.05, 4.69) is 9.97 Å². The van der Waals surface area contributed by atoms with Crippen LogP contribution in [0.5, 0.6) is 0 Å². The summed E-state index contributed by atoms with van der Waals surface area (Å²) in [6.45, 7) is 0. The van der Waals surface area contributed by atoms with Crippen LogP contribution in [0.4, 0.5) is 0 Å². The largest absolute Gasteiger partial charge is 2.00 e. The van der Waals surface area contributed by atoms with E-state index in [1.54, 1.807) is 0 Å². The molecule has 0 amide bonds. The molecule has 0 atom stereocenters. The summed E-state index contributed by atoms with van der Waals surface area (Å²) in [7, 11) is 0. The van der Waals surface area contributed by atoms with Crippen molar-refractivity contribution in [1.29, 1.82) is 0 Å². The summed E-state index contributed by atoms with van der Waals surface area (Å²) in [5.74, 6) is -3.38. The maximum absolute atomic E-state index is 10.2. The molecule has 2 N–H and O–H groups in total. The van der Waals surface area contributed by atoms with Crippen LogP contribution in [0.15, 0.2) is 12.4 Å². The Bertz CT molecular complexity index is 310. The SMILES string of the molecule is O.O=C([O-])c1nccnc1C(=O)[O-].[Pd+2]. The van der Waals surface area contributed by atoms with Crippen molar-refractivity contribution in [3.63, 3.8) is 0 Å². The number of aromatic carboxylic acids is 2. The first-order valence-electron chi connectivity index (χ1n) is 2.86. The number of carbonyl (C=O) groups is 2. The van der Waals surface area contributed by atoms with Crippen LogP contribution in [0.1, 0.15) is 21.0 Å². The smallest absolute Gasteiger partial charge is 0.543 e. The van der Waals surface area contributed by atoms with Gasteiger partial charge in [-0.15, -0.1) is 0 Å². The molecule has 0 saturated heterocycles. The van der Waals surface area contributed by atoms with E-state index < -0.39 is 23.3 Å². The van der Waals surface area contributed by atoms with Crippen LogP contribution in [0.25, 0.3) is 0 Å². The maximum Gasteiger partial charge on any atom is 2.00 e. The second-order valence-corrected chi connectivity index (χ2v) is 1.83. The monoisotopic (exact) mass is 290 g/mol. The van der Waals surface area contributed by atoms with Gasteiger partial charge in [-0.1, -0.05) is 0 Å². The molecule has 7 nitrogen and oxygen atoms in total. The van der Waals surface area contributed by atoms with Crippen LogP contribution < -0.4 is 10.2 Å². The summed E-state index contributed by atoms with van der Waals surface area (Å²) in [6.07, 6.45) is 2.11. The molecule has 0 saturated carbocycles. The average molecular weight is 291 g/mol. The number of aromatic nitrogens is 2. The number of hydrogen-bond acceptors (Lipinski definition) is 6. The standard InChI is InChI=1S/C6H4N2O4.H2O.Pd/c9-5(10)3-4(6(11)12)8-2-1-7-3;;/h1-2H,(H,9,10)(H,11,12);1H2;/q;;+2/p-2. The summed E-state index contributed by atoms with van der Waals surface area (Å²) in [4.78, 5) is 27.0. The van der Waals surface area contributed by atoms with Crippen LogP contribution in [-0.2, 0) is 20.4 Å². The minimum absolute atomic E-state index is 0. The molecule has 0 radical (unpaired) electrons. The first-order chi connectivity index (χ1) is 5.63. The molecule has 0 aromatic carbocycles. The molecule has 1 rings (SSSR count). The first kappa shape index (κ1) is 15.1. The van der Waals surface area contributed by atoms with Gasteiger partial charge in [-0.3, -0.25) is 9.97 Å². The molecule has 14 heavy (non-hydrogen) atoms. The minimum Gasteiger partial charge on any atom is -0.543 e. The number of carboxylic acid groups (broad SMARTS) is 2.